The number of hydrogen-bond donors (Lipinski definition) is 1. The lowest BCUT2D eigenvalue weighted by Gasteiger charge is -2.00. The summed E-state index contributed by atoms with van der Waals surface area (Å²) in [5.74, 6) is 0.112. The molecule has 0 fully saturated rings. The van der Waals surface area contributed by atoms with Gasteiger partial charge >= 0.3 is 0 Å². The van der Waals surface area contributed by atoms with Crippen LogP contribution in [0.25, 0.3) is 11.1 Å². The van der Waals surface area contributed by atoms with Gasteiger partial charge in [0.25, 0.3) is 5.91 Å². The molecule has 0 aromatic carbocycles. The number of carbonyl (C=O) groups excluding carboxylic acids is 1. The maximum Gasteiger partial charge on any atom is 0.287 e. The predicted octanol–water partition coefficient (Wildman–Crippen LogP) is 3.17. The lowest BCUT2D eigenvalue weighted by molar-refractivity contribution is 0.0928. The molecule has 0 aliphatic rings. The van der Waals surface area contributed by atoms with E-state index in [1.807, 2.05) is 30.5 Å². The van der Waals surface area contributed by atoms with Gasteiger partial charge in [0.1, 0.15) is 5.52 Å². The summed E-state index contributed by atoms with van der Waals surface area (Å²) >= 11 is 1.69. The van der Waals surface area contributed by atoms with E-state index in [0.717, 1.165) is 12.1 Å². The molecule has 1 N–H and O–H groups in total. The van der Waals surface area contributed by atoms with Crippen LogP contribution in [0.15, 0.2) is 40.1 Å². The molecule has 0 bridgehead atoms. The number of thiophene rings is 1. The number of hydrogen-bond acceptors (Lipinski definition) is 4. The quantitative estimate of drug-likeness (QED) is 0.801. The van der Waals surface area contributed by atoms with Crippen molar-refractivity contribution in [3.63, 3.8) is 0 Å². The number of furan rings is 1. The van der Waals surface area contributed by atoms with Crippen LogP contribution in [0.3, 0.4) is 0 Å². The molecule has 0 aliphatic heterocycles. The number of pyridine rings is 1. The van der Waals surface area contributed by atoms with E-state index in [4.69, 9.17) is 4.42 Å². The molecule has 3 aromatic heterocycles. The minimum absolute atomic E-state index is 0.197. The summed E-state index contributed by atoms with van der Waals surface area (Å²) in [6, 6.07) is 9.45. The Kier molecular flexibility index (Phi) is 3.52. The van der Waals surface area contributed by atoms with Gasteiger partial charge in [-0.1, -0.05) is 6.07 Å². The Morgan fingerprint density at radius 2 is 2.30 bits per heavy atom. The third kappa shape index (κ3) is 2.72. The molecular formula is C15H14N2O2S. The molecular weight excluding hydrogens is 272 g/mol. The Hall–Kier alpha value is -2.14. The molecule has 3 aromatic rings. The van der Waals surface area contributed by atoms with E-state index in [1.54, 1.807) is 17.4 Å². The highest BCUT2D eigenvalue weighted by atomic mass is 32.1. The molecule has 0 aliphatic carbocycles. The number of rotatable bonds is 4. The van der Waals surface area contributed by atoms with E-state index in [-0.39, 0.29) is 5.91 Å². The Labute approximate surface area is 120 Å². The average molecular weight is 286 g/mol. The fourth-order valence-corrected chi connectivity index (χ4v) is 2.69. The average Bonchev–Trinajstić information content (AvgIpc) is 3.06. The molecule has 0 unspecified atom stereocenters. The van der Waals surface area contributed by atoms with Crippen LogP contribution in [0.1, 0.15) is 21.1 Å². The number of aryl methyl sites for hydroxylation is 1. The summed E-state index contributed by atoms with van der Waals surface area (Å²) in [6.45, 7) is 2.51. The van der Waals surface area contributed by atoms with Crippen molar-refractivity contribution < 1.29 is 9.21 Å². The standard InChI is InChI=1S/C15H14N2O2S/c1-10-4-5-13-12(17-10)9-14(19-13)15(18)16-7-6-11-3-2-8-20-11/h2-5,8-9H,6-7H2,1H3,(H,16,18). The first-order chi connectivity index (χ1) is 9.72. The van der Waals surface area contributed by atoms with Crippen molar-refractivity contribution in [1.29, 1.82) is 0 Å². The summed E-state index contributed by atoms with van der Waals surface area (Å²) in [6.07, 6.45) is 0.834. The van der Waals surface area contributed by atoms with Gasteiger partial charge in [-0.2, -0.15) is 0 Å². The van der Waals surface area contributed by atoms with Gasteiger partial charge in [0.05, 0.1) is 0 Å². The van der Waals surface area contributed by atoms with E-state index in [0.29, 0.717) is 23.4 Å². The van der Waals surface area contributed by atoms with Gasteiger partial charge in [0.2, 0.25) is 0 Å². The maximum atomic E-state index is 12.0. The maximum absolute atomic E-state index is 12.0. The van der Waals surface area contributed by atoms with E-state index in [2.05, 4.69) is 16.4 Å². The predicted molar refractivity (Wildman–Crippen MR) is 79.1 cm³/mol. The zero-order valence-electron chi connectivity index (χ0n) is 11.1. The first kappa shape index (κ1) is 12.9. The van der Waals surface area contributed by atoms with E-state index >= 15 is 0 Å². The van der Waals surface area contributed by atoms with Gasteiger partial charge in [-0.25, -0.2) is 4.98 Å². The molecule has 3 rings (SSSR count). The smallest absolute Gasteiger partial charge is 0.287 e. The van der Waals surface area contributed by atoms with Crippen LogP contribution < -0.4 is 5.32 Å². The minimum atomic E-state index is -0.197. The molecule has 20 heavy (non-hydrogen) atoms. The van der Waals surface area contributed by atoms with Gasteiger partial charge in [-0.15, -0.1) is 11.3 Å². The lowest BCUT2D eigenvalue weighted by atomic mass is 10.3. The number of amides is 1. The SMILES string of the molecule is Cc1ccc2oc(C(=O)NCCc3cccs3)cc2n1. The molecule has 0 radical (unpaired) electrons. The molecule has 3 heterocycles. The van der Waals surface area contributed by atoms with E-state index in [1.165, 1.54) is 4.88 Å². The molecule has 0 saturated carbocycles. The molecule has 1 amide bonds. The van der Waals surface area contributed by atoms with Crippen LogP contribution >= 0.6 is 11.3 Å². The molecule has 0 saturated heterocycles. The summed E-state index contributed by atoms with van der Waals surface area (Å²) < 4.78 is 5.50. The summed E-state index contributed by atoms with van der Waals surface area (Å²) in [4.78, 5) is 17.6. The highest BCUT2D eigenvalue weighted by Gasteiger charge is 2.12. The molecule has 4 nitrogen and oxygen atoms in total. The van der Waals surface area contributed by atoms with Crippen molar-refractivity contribution in [2.45, 2.75) is 13.3 Å². The Morgan fingerprint density at radius 1 is 1.40 bits per heavy atom. The number of nitrogens with zero attached hydrogens (tertiary/aromatic N) is 1. The van der Waals surface area contributed by atoms with Crippen LogP contribution in [0.5, 0.6) is 0 Å². The van der Waals surface area contributed by atoms with Gasteiger partial charge in [-0.3, -0.25) is 4.79 Å². The zero-order valence-corrected chi connectivity index (χ0v) is 11.9. The molecule has 5 heteroatoms. The van der Waals surface area contributed by atoms with Crippen LogP contribution in [0, 0.1) is 6.92 Å². The van der Waals surface area contributed by atoms with Crippen molar-refractivity contribution in [3.05, 3.63) is 52.0 Å². The zero-order chi connectivity index (χ0) is 13.9. The van der Waals surface area contributed by atoms with Gasteiger partial charge in [0.15, 0.2) is 11.3 Å². The van der Waals surface area contributed by atoms with Crippen LogP contribution in [0.2, 0.25) is 0 Å². The summed E-state index contributed by atoms with van der Waals surface area (Å²) in [7, 11) is 0. The van der Waals surface area contributed by atoms with Crippen molar-refractivity contribution in [2.75, 3.05) is 6.54 Å². The van der Waals surface area contributed by atoms with Gasteiger partial charge in [-0.05, 0) is 36.9 Å². The summed E-state index contributed by atoms with van der Waals surface area (Å²) in [5, 5.41) is 4.89. The van der Waals surface area contributed by atoms with Crippen LogP contribution in [0.4, 0.5) is 0 Å². The first-order valence-electron chi connectivity index (χ1n) is 6.40. The Morgan fingerprint density at radius 3 is 3.10 bits per heavy atom. The van der Waals surface area contributed by atoms with Crippen molar-refractivity contribution in [3.8, 4) is 0 Å². The molecule has 0 spiro atoms. The van der Waals surface area contributed by atoms with Crippen LogP contribution in [-0.2, 0) is 6.42 Å². The summed E-state index contributed by atoms with van der Waals surface area (Å²) in [5.41, 5.74) is 2.26. The third-order valence-electron chi connectivity index (χ3n) is 2.97. The van der Waals surface area contributed by atoms with Crippen LogP contribution in [-0.4, -0.2) is 17.4 Å². The Balaban J connectivity index is 1.66. The third-order valence-corrected chi connectivity index (χ3v) is 3.91. The van der Waals surface area contributed by atoms with Crippen molar-refractivity contribution in [2.24, 2.45) is 0 Å². The fraction of sp³-hybridized carbons (Fsp3) is 0.200. The molecule has 0 atom stereocenters. The second-order valence-corrected chi connectivity index (χ2v) is 5.56. The highest BCUT2D eigenvalue weighted by molar-refractivity contribution is 7.09. The number of nitrogens with one attached hydrogen (secondary N) is 1. The van der Waals surface area contributed by atoms with Gasteiger partial charge < -0.3 is 9.73 Å². The lowest BCUT2D eigenvalue weighted by Crippen LogP contribution is -2.24. The molecule has 102 valence electrons. The van der Waals surface area contributed by atoms with Gasteiger partial charge in [0, 0.05) is 23.2 Å². The highest BCUT2D eigenvalue weighted by Crippen LogP contribution is 2.17. The van der Waals surface area contributed by atoms with E-state index < -0.39 is 0 Å². The fourth-order valence-electron chi connectivity index (χ4n) is 1.98. The second-order valence-electron chi connectivity index (χ2n) is 4.53. The van der Waals surface area contributed by atoms with E-state index in [9.17, 15) is 4.79 Å². The topological polar surface area (TPSA) is 55.1 Å². The Bertz CT molecular complexity index is 732. The monoisotopic (exact) mass is 286 g/mol. The first-order valence-corrected chi connectivity index (χ1v) is 7.28. The number of aromatic nitrogens is 1. The normalized spacial score (nSPS) is 10.8. The minimum Gasteiger partial charge on any atom is -0.449 e. The second kappa shape index (κ2) is 5.46. The largest absolute Gasteiger partial charge is 0.449 e. The van der Waals surface area contributed by atoms with Crippen molar-refractivity contribution >= 4 is 28.3 Å². The van der Waals surface area contributed by atoms with Crippen molar-refractivity contribution in [1.82, 2.24) is 10.3 Å². The number of fused-ring (bicyclic) bond motifs is 1. The number of carbonyl (C=O) groups is 1.